The fourth-order valence-electron chi connectivity index (χ4n) is 2.06. The predicted molar refractivity (Wildman–Crippen MR) is 53.4 cm³/mol. The van der Waals surface area contributed by atoms with Crippen LogP contribution in [0.1, 0.15) is 38.5 Å². The molecule has 0 aromatic heterocycles. The zero-order valence-electron chi connectivity index (χ0n) is 8.58. The van der Waals surface area contributed by atoms with Crippen LogP contribution < -0.4 is 0 Å². The summed E-state index contributed by atoms with van der Waals surface area (Å²) < 4.78 is 10.3. The molecule has 0 aromatic rings. The zero-order chi connectivity index (χ0) is 9.73. The monoisotopic (exact) mass is 204 g/mol. The Morgan fingerprint density at radius 2 is 1.46 bits per heavy atom. The van der Waals surface area contributed by atoms with Gasteiger partial charge in [0.05, 0.1) is 0 Å². The van der Waals surface area contributed by atoms with Crippen LogP contribution in [0, 0.1) is 0 Å². The van der Waals surface area contributed by atoms with Gasteiger partial charge in [-0.15, -0.1) is 0 Å². The molecular weight excluding hydrogens is 184 g/mol. The van der Waals surface area contributed by atoms with Crippen molar-refractivity contribution < 1.29 is 13.6 Å². The van der Waals surface area contributed by atoms with E-state index < -0.39 is 8.80 Å². The topological polar surface area (TPSA) is 38.7 Å². The largest absolute Gasteiger partial charge is 0.500 e. The van der Waals surface area contributed by atoms with Crippen LogP contribution in [0.2, 0.25) is 5.54 Å². The molecule has 1 fully saturated rings. The molecule has 1 aliphatic carbocycles. The first-order valence-corrected chi connectivity index (χ1v) is 6.89. The normalized spacial score (nSPS) is 21.5. The Labute approximate surface area is 81.4 Å². The van der Waals surface area contributed by atoms with Crippen LogP contribution >= 0.6 is 0 Å². The maximum absolute atomic E-state index is 10.1. The Morgan fingerprint density at radius 3 is 1.85 bits per heavy atom. The molecule has 0 aliphatic heterocycles. The third-order valence-electron chi connectivity index (χ3n) is 2.96. The van der Waals surface area contributed by atoms with Crippen molar-refractivity contribution in [1.82, 2.24) is 0 Å². The Kier molecular flexibility index (Phi) is 4.38. The van der Waals surface area contributed by atoms with Crippen LogP contribution in [-0.2, 0) is 8.85 Å². The number of rotatable bonds is 3. The SMILES string of the molecule is CO[Si](O)(OC)C1CCCCCC1. The highest BCUT2D eigenvalue weighted by atomic mass is 28.4. The van der Waals surface area contributed by atoms with E-state index in [9.17, 15) is 4.80 Å². The first kappa shape index (κ1) is 11.2. The lowest BCUT2D eigenvalue weighted by Crippen LogP contribution is -2.45. The second-order valence-corrected chi connectivity index (χ2v) is 6.62. The molecule has 1 saturated carbocycles. The van der Waals surface area contributed by atoms with E-state index in [0.29, 0.717) is 0 Å². The van der Waals surface area contributed by atoms with Crippen LogP contribution in [0.15, 0.2) is 0 Å². The Bertz CT molecular complexity index is 140. The van der Waals surface area contributed by atoms with Gasteiger partial charge in [0.15, 0.2) is 0 Å². The quantitative estimate of drug-likeness (QED) is 0.564. The molecule has 0 radical (unpaired) electrons. The smallest absolute Gasteiger partial charge is 0.390 e. The minimum atomic E-state index is -2.83. The molecule has 0 aromatic carbocycles. The lowest BCUT2D eigenvalue weighted by atomic mass is 10.2. The second kappa shape index (κ2) is 5.10. The summed E-state index contributed by atoms with van der Waals surface area (Å²) in [6, 6.07) is 0. The highest BCUT2D eigenvalue weighted by Crippen LogP contribution is 2.34. The van der Waals surface area contributed by atoms with E-state index in [0.717, 1.165) is 12.8 Å². The summed E-state index contributed by atoms with van der Waals surface area (Å²) in [5.74, 6) is 0. The first-order valence-electron chi connectivity index (χ1n) is 5.05. The van der Waals surface area contributed by atoms with Gasteiger partial charge < -0.3 is 13.6 Å². The lowest BCUT2D eigenvalue weighted by Gasteiger charge is -2.27. The van der Waals surface area contributed by atoms with E-state index in [1.165, 1.54) is 25.7 Å². The van der Waals surface area contributed by atoms with E-state index in [-0.39, 0.29) is 5.54 Å². The van der Waals surface area contributed by atoms with Gasteiger partial charge in [0.2, 0.25) is 0 Å². The fourth-order valence-corrected chi connectivity index (χ4v) is 4.03. The molecule has 0 heterocycles. The molecule has 4 heteroatoms. The highest BCUT2D eigenvalue weighted by molar-refractivity contribution is 6.60. The van der Waals surface area contributed by atoms with Crippen LogP contribution in [0.4, 0.5) is 0 Å². The fraction of sp³-hybridized carbons (Fsp3) is 1.00. The van der Waals surface area contributed by atoms with E-state index in [2.05, 4.69) is 0 Å². The summed E-state index contributed by atoms with van der Waals surface area (Å²) in [5, 5.41) is 0. The van der Waals surface area contributed by atoms with Crippen LogP contribution in [0.5, 0.6) is 0 Å². The molecular formula is C9H20O3Si. The maximum Gasteiger partial charge on any atom is 0.500 e. The lowest BCUT2D eigenvalue weighted by molar-refractivity contribution is 0.134. The molecule has 78 valence electrons. The first-order chi connectivity index (χ1) is 6.23. The van der Waals surface area contributed by atoms with Gasteiger partial charge >= 0.3 is 8.80 Å². The van der Waals surface area contributed by atoms with Crippen LogP contribution in [0.25, 0.3) is 0 Å². The summed E-state index contributed by atoms with van der Waals surface area (Å²) in [6.45, 7) is 0. The van der Waals surface area contributed by atoms with E-state index in [1.807, 2.05) is 0 Å². The van der Waals surface area contributed by atoms with Gasteiger partial charge in [-0.2, -0.15) is 0 Å². The average molecular weight is 204 g/mol. The van der Waals surface area contributed by atoms with Gasteiger partial charge in [0.25, 0.3) is 0 Å². The van der Waals surface area contributed by atoms with E-state index in [4.69, 9.17) is 8.85 Å². The molecule has 0 amide bonds. The van der Waals surface area contributed by atoms with Crippen molar-refractivity contribution in [2.24, 2.45) is 0 Å². The highest BCUT2D eigenvalue weighted by Gasteiger charge is 2.43. The van der Waals surface area contributed by atoms with E-state index >= 15 is 0 Å². The maximum atomic E-state index is 10.1. The minimum Gasteiger partial charge on any atom is -0.390 e. The second-order valence-electron chi connectivity index (χ2n) is 3.73. The minimum absolute atomic E-state index is 0.269. The van der Waals surface area contributed by atoms with Gasteiger partial charge in [-0.1, -0.05) is 25.7 Å². The van der Waals surface area contributed by atoms with Crippen molar-refractivity contribution in [3.8, 4) is 0 Å². The number of hydrogen-bond donors (Lipinski definition) is 1. The Hall–Kier alpha value is 0.0969. The Morgan fingerprint density at radius 1 is 1.00 bits per heavy atom. The van der Waals surface area contributed by atoms with Gasteiger partial charge in [0.1, 0.15) is 0 Å². The van der Waals surface area contributed by atoms with Crippen molar-refractivity contribution in [3.63, 3.8) is 0 Å². The summed E-state index contributed by atoms with van der Waals surface area (Å²) in [6.07, 6.45) is 7.09. The Balaban J connectivity index is 2.55. The van der Waals surface area contributed by atoms with Gasteiger partial charge in [-0.25, -0.2) is 0 Å². The van der Waals surface area contributed by atoms with Crippen molar-refractivity contribution in [2.75, 3.05) is 14.2 Å². The molecule has 3 nitrogen and oxygen atoms in total. The van der Waals surface area contributed by atoms with Crippen molar-refractivity contribution in [2.45, 2.75) is 44.1 Å². The van der Waals surface area contributed by atoms with Gasteiger partial charge in [-0.05, 0) is 12.8 Å². The standard InChI is InChI=1S/C9H20O3Si/c1-11-13(10,12-2)9-7-5-3-4-6-8-9/h9-10H,3-8H2,1-2H3. The molecule has 0 atom stereocenters. The number of hydrogen-bond acceptors (Lipinski definition) is 3. The molecule has 0 saturated heterocycles. The van der Waals surface area contributed by atoms with Crippen molar-refractivity contribution in [3.05, 3.63) is 0 Å². The molecule has 0 spiro atoms. The summed E-state index contributed by atoms with van der Waals surface area (Å²) in [7, 11) is 0.284. The third-order valence-corrected chi connectivity index (χ3v) is 5.74. The van der Waals surface area contributed by atoms with Crippen LogP contribution in [0.3, 0.4) is 0 Å². The van der Waals surface area contributed by atoms with E-state index in [1.54, 1.807) is 14.2 Å². The van der Waals surface area contributed by atoms with Crippen LogP contribution in [-0.4, -0.2) is 27.8 Å². The van der Waals surface area contributed by atoms with Gasteiger partial charge in [0, 0.05) is 19.8 Å². The molecule has 0 bridgehead atoms. The summed E-state index contributed by atoms with van der Waals surface area (Å²) in [5.41, 5.74) is 0.269. The predicted octanol–water partition coefficient (Wildman–Crippen LogP) is 1.93. The van der Waals surface area contributed by atoms with Gasteiger partial charge in [-0.3, -0.25) is 0 Å². The third kappa shape index (κ3) is 2.77. The van der Waals surface area contributed by atoms with Crippen molar-refractivity contribution >= 4 is 8.80 Å². The van der Waals surface area contributed by atoms with Crippen molar-refractivity contribution in [1.29, 1.82) is 0 Å². The zero-order valence-corrected chi connectivity index (χ0v) is 9.58. The molecule has 1 N–H and O–H groups in total. The molecule has 0 unspecified atom stereocenters. The molecule has 1 rings (SSSR count). The average Bonchev–Trinajstić information content (AvgIpc) is 2.45. The summed E-state index contributed by atoms with van der Waals surface area (Å²) in [4.78, 5) is 10.1. The molecule has 13 heavy (non-hydrogen) atoms. The molecule has 1 aliphatic rings. The summed E-state index contributed by atoms with van der Waals surface area (Å²) >= 11 is 0.